The van der Waals surface area contributed by atoms with Gasteiger partial charge in [0.15, 0.2) is 0 Å². The molecule has 0 amide bonds. The van der Waals surface area contributed by atoms with Crippen LogP contribution in [0.5, 0.6) is 0 Å². The van der Waals surface area contributed by atoms with Crippen molar-refractivity contribution in [1.29, 1.82) is 0 Å². The van der Waals surface area contributed by atoms with E-state index in [-0.39, 0.29) is 5.63 Å². The Balaban J connectivity index is 1.57. The molecule has 1 aliphatic carbocycles. The highest BCUT2D eigenvalue weighted by Gasteiger charge is 2.43. The van der Waals surface area contributed by atoms with E-state index < -0.39 is 0 Å². The van der Waals surface area contributed by atoms with Gasteiger partial charge in [0.1, 0.15) is 18.2 Å². The Kier molecular flexibility index (Phi) is 3.80. The number of benzene rings is 1. The van der Waals surface area contributed by atoms with Crippen molar-refractivity contribution < 1.29 is 9.32 Å². The van der Waals surface area contributed by atoms with Crippen LogP contribution in [-0.2, 0) is 13.0 Å². The van der Waals surface area contributed by atoms with Crippen LogP contribution >= 0.6 is 11.3 Å². The zero-order valence-corrected chi connectivity index (χ0v) is 16.1. The van der Waals surface area contributed by atoms with Crippen LogP contribution in [0.1, 0.15) is 46.0 Å². The van der Waals surface area contributed by atoms with Crippen molar-refractivity contribution >= 4 is 22.3 Å². The van der Waals surface area contributed by atoms with Gasteiger partial charge in [0.2, 0.25) is 0 Å². The summed E-state index contributed by atoms with van der Waals surface area (Å²) in [6, 6.07) is 8.86. The van der Waals surface area contributed by atoms with Gasteiger partial charge in [-0.2, -0.15) is 0 Å². The van der Waals surface area contributed by atoms with E-state index in [0.29, 0.717) is 6.04 Å². The van der Waals surface area contributed by atoms with Crippen LogP contribution < -0.4 is 10.5 Å². The highest BCUT2D eigenvalue weighted by atomic mass is 32.1. The average Bonchev–Trinajstić information content (AvgIpc) is 3.32. The van der Waals surface area contributed by atoms with Gasteiger partial charge in [-0.15, -0.1) is 11.3 Å². The SMILES string of the molecule is Cc1cc2oc(=O)cc(C[NH+]3CCc4sccc4[C@@H]3C3CC3)c2cc1C. The molecule has 1 N–H and O–H groups in total. The molecule has 1 unspecified atom stereocenters. The molecule has 3 aromatic rings. The fourth-order valence-corrected chi connectivity index (χ4v) is 5.50. The van der Waals surface area contributed by atoms with E-state index in [4.69, 9.17) is 4.42 Å². The van der Waals surface area contributed by atoms with Gasteiger partial charge in [-0.3, -0.25) is 0 Å². The molecule has 2 atom stereocenters. The lowest BCUT2D eigenvalue weighted by Crippen LogP contribution is -3.12. The Morgan fingerprint density at radius 2 is 2.00 bits per heavy atom. The fraction of sp³-hybridized carbons (Fsp3) is 0.409. The molecular formula is C22H24NO2S+. The van der Waals surface area contributed by atoms with E-state index in [9.17, 15) is 4.79 Å². The first-order valence-electron chi connectivity index (χ1n) is 9.55. The molecule has 0 radical (unpaired) electrons. The van der Waals surface area contributed by atoms with E-state index in [1.807, 2.05) is 17.4 Å². The molecule has 1 fully saturated rings. The zero-order valence-electron chi connectivity index (χ0n) is 15.3. The first kappa shape index (κ1) is 16.3. The van der Waals surface area contributed by atoms with E-state index in [1.54, 1.807) is 21.4 Å². The van der Waals surface area contributed by atoms with Crippen LogP contribution in [0, 0.1) is 19.8 Å². The molecule has 4 heteroatoms. The number of hydrogen-bond acceptors (Lipinski definition) is 3. The van der Waals surface area contributed by atoms with Crippen molar-refractivity contribution in [2.75, 3.05) is 6.54 Å². The maximum Gasteiger partial charge on any atom is 0.336 e. The summed E-state index contributed by atoms with van der Waals surface area (Å²) in [4.78, 5) is 15.3. The number of rotatable bonds is 3. The molecule has 2 aliphatic rings. The first-order valence-corrected chi connectivity index (χ1v) is 10.4. The van der Waals surface area contributed by atoms with Gasteiger partial charge >= 0.3 is 5.63 Å². The molecule has 26 heavy (non-hydrogen) atoms. The zero-order chi connectivity index (χ0) is 17.8. The summed E-state index contributed by atoms with van der Waals surface area (Å²) >= 11 is 1.91. The maximum atomic E-state index is 12.2. The molecule has 0 spiro atoms. The largest absolute Gasteiger partial charge is 0.423 e. The summed E-state index contributed by atoms with van der Waals surface area (Å²) in [6.45, 7) is 6.25. The lowest BCUT2D eigenvalue weighted by atomic mass is 9.94. The third-order valence-electron chi connectivity index (χ3n) is 6.18. The van der Waals surface area contributed by atoms with E-state index >= 15 is 0 Å². The van der Waals surface area contributed by atoms with Crippen LogP contribution in [0.4, 0.5) is 0 Å². The second kappa shape index (κ2) is 6.07. The van der Waals surface area contributed by atoms with Crippen molar-refractivity contribution in [3.8, 4) is 0 Å². The Morgan fingerprint density at radius 1 is 1.19 bits per heavy atom. The second-order valence-corrected chi connectivity index (χ2v) is 8.97. The molecule has 0 bridgehead atoms. The maximum absolute atomic E-state index is 12.2. The van der Waals surface area contributed by atoms with E-state index in [1.165, 1.54) is 24.0 Å². The lowest BCUT2D eigenvalue weighted by molar-refractivity contribution is -0.949. The number of thiophene rings is 1. The average molecular weight is 367 g/mol. The molecule has 134 valence electrons. The Bertz CT molecular complexity index is 1040. The van der Waals surface area contributed by atoms with Crippen molar-refractivity contribution in [3.63, 3.8) is 0 Å². The molecule has 2 aromatic heterocycles. The molecule has 0 saturated heterocycles. The summed E-state index contributed by atoms with van der Waals surface area (Å²) in [5.41, 5.74) is 5.62. The summed E-state index contributed by atoms with van der Waals surface area (Å²) in [6.07, 6.45) is 3.85. The highest BCUT2D eigenvalue weighted by Crippen LogP contribution is 2.42. The summed E-state index contributed by atoms with van der Waals surface area (Å²) in [7, 11) is 0. The molecule has 1 aliphatic heterocycles. The summed E-state index contributed by atoms with van der Waals surface area (Å²) < 4.78 is 5.49. The number of fused-ring (bicyclic) bond motifs is 2. The third-order valence-corrected chi connectivity index (χ3v) is 7.18. The van der Waals surface area contributed by atoms with Crippen LogP contribution in [0.25, 0.3) is 11.0 Å². The van der Waals surface area contributed by atoms with Crippen molar-refractivity contribution in [3.05, 3.63) is 67.2 Å². The minimum Gasteiger partial charge on any atom is -0.423 e. The minimum atomic E-state index is -0.230. The van der Waals surface area contributed by atoms with E-state index in [0.717, 1.165) is 42.0 Å². The Labute approximate surface area is 157 Å². The third kappa shape index (κ3) is 2.72. The minimum absolute atomic E-state index is 0.230. The molecule has 3 nitrogen and oxygen atoms in total. The number of hydrogen-bond donors (Lipinski definition) is 1. The summed E-state index contributed by atoms with van der Waals surface area (Å²) in [5, 5.41) is 3.35. The van der Waals surface area contributed by atoms with Gasteiger partial charge in [-0.05, 0) is 61.4 Å². The smallest absolute Gasteiger partial charge is 0.336 e. The second-order valence-electron chi connectivity index (χ2n) is 7.97. The van der Waals surface area contributed by atoms with Crippen LogP contribution in [-0.4, -0.2) is 6.54 Å². The quantitative estimate of drug-likeness (QED) is 0.719. The Hall–Kier alpha value is -1.91. The Morgan fingerprint density at radius 3 is 2.81 bits per heavy atom. The number of nitrogens with one attached hydrogen (secondary N) is 1. The standard InChI is InChI=1S/C22H23NO2S/c1-13-9-18-16(11-21(24)25-19(18)10-14(13)2)12-23-7-5-20-17(6-8-26-20)22(23)15-3-4-15/h6,8-11,15,22H,3-5,7,12H2,1-2H3/p+1/t22-/m0/s1. The van der Waals surface area contributed by atoms with E-state index in [2.05, 4.69) is 31.4 Å². The predicted molar refractivity (Wildman–Crippen MR) is 105 cm³/mol. The van der Waals surface area contributed by atoms with Gasteiger partial charge in [-0.25, -0.2) is 4.79 Å². The van der Waals surface area contributed by atoms with Crippen LogP contribution in [0.15, 0.2) is 38.9 Å². The molecule has 3 heterocycles. The number of quaternary nitrogens is 1. The molecular weight excluding hydrogens is 342 g/mol. The van der Waals surface area contributed by atoms with Gasteiger partial charge in [0.05, 0.1) is 6.54 Å². The van der Waals surface area contributed by atoms with Gasteiger partial charge in [0, 0.05) is 39.8 Å². The van der Waals surface area contributed by atoms with Crippen molar-refractivity contribution in [2.24, 2.45) is 5.92 Å². The fourth-order valence-electron chi connectivity index (χ4n) is 4.57. The van der Waals surface area contributed by atoms with Crippen LogP contribution in [0.2, 0.25) is 0 Å². The monoisotopic (exact) mass is 366 g/mol. The number of aryl methyl sites for hydroxylation is 2. The normalized spacial score (nSPS) is 22.5. The van der Waals surface area contributed by atoms with Crippen molar-refractivity contribution in [1.82, 2.24) is 0 Å². The highest BCUT2D eigenvalue weighted by molar-refractivity contribution is 7.10. The summed E-state index contributed by atoms with van der Waals surface area (Å²) in [5.74, 6) is 0.814. The topological polar surface area (TPSA) is 34.6 Å². The van der Waals surface area contributed by atoms with Gasteiger partial charge < -0.3 is 9.32 Å². The lowest BCUT2D eigenvalue weighted by Gasteiger charge is -2.33. The predicted octanol–water partition coefficient (Wildman–Crippen LogP) is 3.56. The van der Waals surface area contributed by atoms with Crippen molar-refractivity contribution in [2.45, 2.75) is 45.7 Å². The van der Waals surface area contributed by atoms with Gasteiger partial charge in [0.25, 0.3) is 0 Å². The van der Waals surface area contributed by atoms with Gasteiger partial charge in [-0.1, -0.05) is 0 Å². The molecule has 1 saturated carbocycles. The van der Waals surface area contributed by atoms with Crippen LogP contribution in [0.3, 0.4) is 0 Å². The molecule has 1 aromatic carbocycles. The molecule has 5 rings (SSSR count). The first-order chi connectivity index (χ1) is 12.6.